The van der Waals surface area contributed by atoms with Gasteiger partial charge in [-0.05, 0) is 58.3 Å². The highest BCUT2D eigenvalue weighted by Gasteiger charge is 2.90. The highest BCUT2D eigenvalue weighted by Crippen LogP contribution is 2.78. The van der Waals surface area contributed by atoms with Crippen LogP contribution in [0.3, 0.4) is 0 Å². The van der Waals surface area contributed by atoms with Crippen molar-refractivity contribution >= 4 is 12.4 Å². The van der Waals surface area contributed by atoms with Gasteiger partial charge in [0, 0.05) is 5.56 Å². The van der Waals surface area contributed by atoms with Crippen molar-refractivity contribution in [3.05, 3.63) is 35.2 Å². The lowest BCUT2D eigenvalue weighted by atomic mass is 9.85. The number of nitrogens with zero attached hydrogens (tertiary/aromatic N) is 2. The topological polar surface area (TPSA) is 51.0 Å². The Balaban J connectivity index is 0.00000182. The fourth-order valence-electron chi connectivity index (χ4n) is 4.29. The van der Waals surface area contributed by atoms with Crippen molar-refractivity contribution in [1.82, 2.24) is 15.5 Å². The van der Waals surface area contributed by atoms with Crippen molar-refractivity contribution in [2.45, 2.75) is 45.0 Å². The molecule has 1 saturated carbocycles. The zero-order valence-corrected chi connectivity index (χ0v) is 15.3. The van der Waals surface area contributed by atoms with Crippen LogP contribution < -0.4 is 5.32 Å². The Kier molecular flexibility index (Phi) is 4.20. The van der Waals surface area contributed by atoms with Crippen LogP contribution in [-0.4, -0.2) is 29.2 Å². The van der Waals surface area contributed by atoms with Crippen LogP contribution in [0.4, 0.5) is 8.78 Å². The van der Waals surface area contributed by atoms with E-state index in [1.165, 1.54) is 0 Å². The van der Waals surface area contributed by atoms with Crippen LogP contribution in [0.2, 0.25) is 0 Å². The third kappa shape index (κ3) is 2.20. The van der Waals surface area contributed by atoms with Gasteiger partial charge < -0.3 is 9.84 Å². The molecule has 0 amide bonds. The average Bonchev–Trinajstić information content (AvgIpc) is 2.95. The van der Waals surface area contributed by atoms with Gasteiger partial charge in [-0.3, -0.25) is 0 Å². The van der Waals surface area contributed by atoms with E-state index in [1.54, 1.807) is 6.92 Å². The van der Waals surface area contributed by atoms with E-state index in [9.17, 15) is 8.78 Å². The summed E-state index contributed by atoms with van der Waals surface area (Å²) in [5, 5.41) is 7.16. The Bertz CT molecular complexity index is 801. The van der Waals surface area contributed by atoms with Gasteiger partial charge in [0.1, 0.15) is 5.41 Å². The lowest BCUT2D eigenvalue weighted by Crippen LogP contribution is -2.33. The lowest BCUT2D eigenvalue weighted by molar-refractivity contribution is 0.0423. The molecular weight excluding hydrogens is 348 g/mol. The van der Waals surface area contributed by atoms with Crippen LogP contribution in [0.25, 0.3) is 11.4 Å². The molecule has 7 heteroatoms. The number of alkyl halides is 2. The number of benzene rings is 1. The molecule has 1 atom stereocenters. The summed E-state index contributed by atoms with van der Waals surface area (Å²) in [4.78, 5) is 4.38. The Morgan fingerprint density at radius 1 is 1.16 bits per heavy atom. The maximum absolute atomic E-state index is 14.8. The molecule has 0 radical (unpaired) electrons. The van der Waals surface area contributed by atoms with Gasteiger partial charge in [-0.15, -0.1) is 12.4 Å². The highest BCUT2D eigenvalue weighted by atomic mass is 35.5. The van der Waals surface area contributed by atoms with E-state index in [0.717, 1.165) is 16.7 Å². The molecule has 1 aliphatic carbocycles. The van der Waals surface area contributed by atoms with Crippen LogP contribution in [0.1, 0.15) is 36.8 Å². The van der Waals surface area contributed by atoms with Crippen LogP contribution in [-0.2, 0) is 5.41 Å². The smallest absolute Gasteiger partial charge is 0.269 e. The van der Waals surface area contributed by atoms with E-state index in [0.29, 0.717) is 31.8 Å². The SMILES string of the molecule is Cc1ccc(C)c(-c2noc(C3(C)C(F)(F)C34CCNCC4)n2)c1.Cl. The van der Waals surface area contributed by atoms with Crippen LogP contribution >= 0.6 is 12.4 Å². The van der Waals surface area contributed by atoms with Crippen molar-refractivity contribution in [2.75, 3.05) is 13.1 Å². The molecule has 25 heavy (non-hydrogen) atoms. The molecule has 1 saturated heterocycles. The summed E-state index contributed by atoms with van der Waals surface area (Å²) in [7, 11) is 0. The second-order valence-electron chi connectivity index (χ2n) is 7.27. The first kappa shape index (κ1) is 18.3. The number of rotatable bonds is 2. The van der Waals surface area contributed by atoms with Gasteiger partial charge in [-0.25, -0.2) is 8.78 Å². The number of aryl methyl sites for hydroxylation is 2. The normalized spacial score (nSPS) is 26.3. The molecule has 0 bridgehead atoms. The molecule has 1 spiro atoms. The number of halogens is 3. The van der Waals surface area contributed by atoms with Crippen molar-refractivity contribution in [3.8, 4) is 11.4 Å². The second kappa shape index (κ2) is 5.74. The van der Waals surface area contributed by atoms with Gasteiger partial charge in [-0.2, -0.15) is 4.98 Å². The van der Waals surface area contributed by atoms with E-state index in [-0.39, 0.29) is 18.3 Å². The fourth-order valence-corrected chi connectivity index (χ4v) is 4.29. The lowest BCUT2D eigenvalue weighted by Gasteiger charge is -2.24. The quantitative estimate of drug-likeness (QED) is 0.867. The summed E-state index contributed by atoms with van der Waals surface area (Å²) >= 11 is 0. The van der Waals surface area contributed by atoms with Crippen molar-refractivity contribution in [1.29, 1.82) is 0 Å². The minimum Gasteiger partial charge on any atom is -0.338 e. The van der Waals surface area contributed by atoms with Gasteiger partial charge >= 0.3 is 0 Å². The average molecular weight is 370 g/mol. The van der Waals surface area contributed by atoms with Crippen molar-refractivity contribution < 1.29 is 13.3 Å². The molecule has 2 fully saturated rings. The summed E-state index contributed by atoms with van der Waals surface area (Å²) in [5.41, 5.74) is 0.468. The summed E-state index contributed by atoms with van der Waals surface area (Å²) in [5.74, 6) is -2.36. The van der Waals surface area contributed by atoms with E-state index < -0.39 is 16.8 Å². The van der Waals surface area contributed by atoms with Crippen LogP contribution in [0, 0.1) is 19.3 Å². The van der Waals surface area contributed by atoms with Crippen molar-refractivity contribution in [2.24, 2.45) is 5.41 Å². The molecule has 1 aromatic heterocycles. The molecule has 2 aromatic rings. The molecule has 1 unspecified atom stereocenters. The van der Waals surface area contributed by atoms with Gasteiger partial charge in [0.15, 0.2) is 0 Å². The van der Waals surface area contributed by atoms with E-state index >= 15 is 0 Å². The molecule has 2 heterocycles. The Labute approximate surface area is 151 Å². The largest absolute Gasteiger partial charge is 0.338 e. The highest BCUT2D eigenvalue weighted by molar-refractivity contribution is 5.85. The first-order valence-electron chi connectivity index (χ1n) is 8.34. The molecule has 1 aliphatic heterocycles. The first-order chi connectivity index (χ1) is 11.3. The van der Waals surface area contributed by atoms with Gasteiger partial charge in [0.05, 0.1) is 5.41 Å². The minimum atomic E-state index is -2.81. The fraction of sp³-hybridized carbons (Fsp3) is 0.556. The second-order valence-corrected chi connectivity index (χ2v) is 7.27. The number of piperidine rings is 1. The predicted octanol–water partition coefficient (Wildman–Crippen LogP) is 4.05. The monoisotopic (exact) mass is 369 g/mol. The standard InChI is InChI=1S/C18H21F2N3O.ClH/c1-11-4-5-12(2)13(10-11)14-22-15(24-23-14)16(3)17(18(16,19)20)6-8-21-9-7-17;/h4-5,10,21H,6-9H2,1-3H3;1H. The zero-order chi connectivity index (χ0) is 17.2. The number of nitrogens with one attached hydrogen (secondary N) is 1. The van der Waals surface area contributed by atoms with Crippen LogP contribution in [0.5, 0.6) is 0 Å². The molecule has 136 valence electrons. The van der Waals surface area contributed by atoms with Crippen LogP contribution in [0.15, 0.2) is 22.7 Å². The Morgan fingerprint density at radius 2 is 1.84 bits per heavy atom. The summed E-state index contributed by atoms with van der Waals surface area (Å²) < 4.78 is 35.0. The number of hydrogen-bond donors (Lipinski definition) is 1. The maximum atomic E-state index is 14.8. The molecule has 1 aromatic carbocycles. The Morgan fingerprint density at radius 3 is 2.52 bits per heavy atom. The third-order valence-corrected chi connectivity index (χ3v) is 6.07. The third-order valence-electron chi connectivity index (χ3n) is 6.07. The predicted molar refractivity (Wildman–Crippen MR) is 93.3 cm³/mol. The number of aromatic nitrogens is 2. The molecular formula is C18H22ClF2N3O. The Hall–Kier alpha value is -1.53. The van der Waals surface area contributed by atoms with Crippen molar-refractivity contribution in [3.63, 3.8) is 0 Å². The first-order valence-corrected chi connectivity index (χ1v) is 8.34. The minimum absolute atomic E-state index is 0. The molecule has 4 nitrogen and oxygen atoms in total. The summed E-state index contributed by atoms with van der Waals surface area (Å²) in [6, 6.07) is 5.93. The van der Waals surface area contributed by atoms with E-state index in [2.05, 4.69) is 15.5 Å². The molecule has 2 aliphatic rings. The summed E-state index contributed by atoms with van der Waals surface area (Å²) in [6.45, 7) is 6.70. The molecule has 1 N–H and O–H groups in total. The maximum Gasteiger partial charge on any atom is 0.269 e. The zero-order valence-electron chi connectivity index (χ0n) is 14.5. The van der Waals surface area contributed by atoms with Gasteiger partial charge in [-0.1, -0.05) is 22.9 Å². The van der Waals surface area contributed by atoms with Gasteiger partial charge in [0.25, 0.3) is 5.92 Å². The van der Waals surface area contributed by atoms with E-state index in [1.807, 2.05) is 32.0 Å². The number of hydrogen-bond acceptors (Lipinski definition) is 4. The molecule has 4 rings (SSSR count). The van der Waals surface area contributed by atoms with Gasteiger partial charge in [0.2, 0.25) is 11.7 Å². The van der Waals surface area contributed by atoms with E-state index in [4.69, 9.17) is 4.52 Å². The summed E-state index contributed by atoms with van der Waals surface area (Å²) in [6.07, 6.45) is 0.857.